The molecule has 68 valence electrons. The van der Waals surface area contributed by atoms with Gasteiger partial charge in [-0.2, -0.15) is 5.26 Å². The third kappa shape index (κ3) is 2.46. The molecular formula is C10H12N2O. The Bertz CT molecular complexity index is 321. The molecule has 0 aliphatic heterocycles. The second-order valence-corrected chi connectivity index (χ2v) is 3.07. The number of phenolic OH excluding ortho intramolecular Hbond substituents is 1. The Morgan fingerprint density at radius 2 is 2.23 bits per heavy atom. The lowest BCUT2D eigenvalue weighted by atomic mass is 10.0. The summed E-state index contributed by atoms with van der Waals surface area (Å²) in [6.07, 6.45) is 0.267. The molecule has 0 fully saturated rings. The van der Waals surface area contributed by atoms with Crippen LogP contribution in [0.1, 0.15) is 23.6 Å². The lowest BCUT2D eigenvalue weighted by Gasteiger charge is -2.09. The van der Waals surface area contributed by atoms with Gasteiger partial charge in [-0.3, -0.25) is 0 Å². The molecule has 0 saturated carbocycles. The van der Waals surface area contributed by atoms with Crippen molar-refractivity contribution in [2.45, 2.75) is 19.4 Å². The molecule has 3 heteroatoms. The van der Waals surface area contributed by atoms with E-state index in [1.165, 1.54) is 0 Å². The van der Waals surface area contributed by atoms with E-state index in [0.717, 1.165) is 11.1 Å². The summed E-state index contributed by atoms with van der Waals surface area (Å²) in [6, 6.07) is 6.81. The van der Waals surface area contributed by atoms with Gasteiger partial charge in [0.1, 0.15) is 5.75 Å². The zero-order valence-electron chi connectivity index (χ0n) is 7.49. The van der Waals surface area contributed by atoms with E-state index in [2.05, 4.69) is 0 Å². The van der Waals surface area contributed by atoms with Crippen molar-refractivity contribution in [3.8, 4) is 11.8 Å². The predicted molar refractivity (Wildman–Crippen MR) is 50.0 cm³/mol. The molecule has 0 spiro atoms. The van der Waals surface area contributed by atoms with Crippen LogP contribution < -0.4 is 5.73 Å². The molecule has 0 bridgehead atoms. The van der Waals surface area contributed by atoms with Gasteiger partial charge < -0.3 is 10.8 Å². The molecule has 3 N–H and O–H groups in total. The van der Waals surface area contributed by atoms with Gasteiger partial charge in [-0.25, -0.2) is 0 Å². The largest absolute Gasteiger partial charge is 0.508 e. The van der Waals surface area contributed by atoms with Gasteiger partial charge >= 0.3 is 0 Å². The number of aromatic hydroxyl groups is 1. The van der Waals surface area contributed by atoms with E-state index in [4.69, 9.17) is 11.0 Å². The highest BCUT2D eigenvalue weighted by Crippen LogP contribution is 2.20. The first-order valence-corrected chi connectivity index (χ1v) is 4.06. The average molecular weight is 176 g/mol. The summed E-state index contributed by atoms with van der Waals surface area (Å²) in [5.41, 5.74) is 7.46. The third-order valence-electron chi connectivity index (χ3n) is 1.82. The highest BCUT2D eigenvalue weighted by molar-refractivity contribution is 5.34. The predicted octanol–water partition coefficient (Wildman–Crippen LogP) is 1.61. The minimum atomic E-state index is -0.309. The van der Waals surface area contributed by atoms with E-state index in [1.807, 2.05) is 19.1 Å². The number of aryl methyl sites for hydroxylation is 1. The molecule has 1 atom stereocenters. The van der Waals surface area contributed by atoms with Gasteiger partial charge in [0.05, 0.1) is 12.5 Å². The standard InChI is InChI=1S/C10H12N2O/c1-7-4-8(6-9(13)5-7)10(12)2-3-11/h4-6,10,13H,2,12H2,1H3/t10-/m0/s1. The molecule has 0 aromatic heterocycles. The van der Waals surface area contributed by atoms with Gasteiger partial charge in [0.25, 0.3) is 0 Å². The van der Waals surface area contributed by atoms with Crippen molar-refractivity contribution < 1.29 is 5.11 Å². The second-order valence-electron chi connectivity index (χ2n) is 3.07. The summed E-state index contributed by atoms with van der Waals surface area (Å²) in [5.74, 6) is 0.198. The molecule has 0 heterocycles. The summed E-state index contributed by atoms with van der Waals surface area (Å²) >= 11 is 0. The van der Waals surface area contributed by atoms with E-state index >= 15 is 0 Å². The van der Waals surface area contributed by atoms with Crippen LogP contribution in [0.4, 0.5) is 0 Å². The fourth-order valence-electron chi connectivity index (χ4n) is 1.22. The van der Waals surface area contributed by atoms with E-state index in [1.54, 1.807) is 12.1 Å². The lowest BCUT2D eigenvalue weighted by molar-refractivity contribution is 0.473. The summed E-state index contributed by atoms with van der Waals surface area (Å²) in [6.45, 7) is 1.88. The number of benzene rings is 1. The molecule has 0 radical (unpaired) electrons. The van der Waals surface area contributed by atoms with Crippen LogP contribution in [0.15, 0.2) is 18.2 Å². The molecule has 0 aliphatic carbocycles. The number of nitriles is 1. The van der Waals surface area contributed by atoms with Crippen LogP contribution in [0.2, 0.25) is 0 Å². The van der Waals surface area contributed by atoms with Crippen molar-refractivity contribution in [3.63, 3.8) is 0 Å². The van der Waals surface area contributed by atoms with E-state index in [0.29, 0.717) is 0 Å². The Morgan fingerprint density at radius 1 is 1.54 bits per heavy atom. The average Bonchev–Trinajstić information content (AvgIpc) is 2.03. The lowest BCUT2D eigenvalue weighted by Crippen LogP contribution is -2.09. The molecule has 1 aromatic rings. The van der Waals surface area contributed by atoms with Gasteiger partial charge in [-0.05, 0) is 30.2 Å². The number of hydrogen-bond acceptors (Lipinski definition) is 3. The smallest absolute Gasteiger partial charge is 0.116 e. The van der Waals surface area contributed by atoms with Crippen LogP contribution in [-0.2, 0) is 0 Å². The first kappa shape index (κ1) is 9.56. The highest BCUT2D eigenvalue weighted by Gasteiger charge is 2.06. The van der Waals surface area contributed by atoms with Crippen LogP contribution in [0.3, 0.4) is 0 Å². The van der Waals surface area contributed by atoms with Crippen LogP contribution in [0, 0.1) is 18.3 Å². The van der Waals surface area contributed by atoms with Crippen LogP contribution in [-0.4, -0.2) is 5.11 Å². The van der Waals surface area contributed by atoms with Gasteiger partial charge in [0, 0.05) is 6.04 Å². The number of hydrogen-bond donors (Lipinski definition) is 2. The fourth-order valence-corrected chi connectivity index (χ4v) is 1.22. The van der Waals surface area contributed by atoms with Crippen molar-refractivity contribution in [1.29, 1.82) is 5.26 Å². The minimum absolute atomic E-state index is 0.198. The number of nitrogens with two attached hydrogens (primary N) is 1. The quantitative estimate of drug-likeness (QED) is 0.719. The van der Waals surface area contributed by atoms with Gasteiger partial charge in [-0.15, -0.1) is 0 Å². The van der Waals surface area contributed by atoms with Gasteiger partial charge in [0.2, 0.25) is 0 Å². The van der Waals surface area contributed by atoms with Crippen molar-refractivity contribution in [2.75, 3.05) is 0 Å². The van der Waals surface area contributed by atoms with Crippen LogP contribution in [0.5, 0.6) is 5.75 Å². The van der Waals surface area contributed by atoms with Crippen molar-refractivity contribution in [1.82, 2.24) is 0 Å². The summed E-state index contributed by atoms with van der Waals surface area (Å²) in [4.78, 5) is 0. The maximum Gasteiger partial charge on any atom is 0.116 e. The molecule has 13 heavy (non-hydrogen) atoms. The number of rotatable bonds is 2. The van der Waals surface area contributed by atoms with Gasteiger partial charge in [-0.1, -0.05) is 6.07 Å². The first-order chi connectivity index (χ1) is 6.13. The topological polar surface area (TPSA) is 70.0 Å². The second kappa shape index (κ2) is 3.92. The molecule has 0 saturated heterocycles. The molecular weight excluding hydrogens is 164 g/mol. The monoisotopic (exact) mass is 176 g/mol. The zero-order valence-corrected chi connectivity index (χ0v) is 7.49. The maximum absolute atomic E-state index is 9.27. The van der Waals surface area contributed by atoms with Crippen molar-refractivity contribution in [3.05, 3.63) is 29.3 Å². The molecule has 1 aromatic carbocycles. The van der Waals surface area contributed by atoms with Gasteiger partial charge in [0.15, 0.2) is 0 Å². The molecule has 0 amide bonds. The van der Waals surface area contributed by atoms with Crippen LogP contribution in [0.25, 0.3) is 0 Å². The Hall–Kier alpha value is -1.53. The van der Waals surface area contributed by atoms with Crippen LogP contribution >= 0.6 is 0 Å². The third-order valence-corrected chi connectivity index (χ3v) is 1.82. The first-order valence-electron chi connectivity index (χ1n) is 4.06. The Morgan fingerprint density at radius 3 is 2.77 bits per heavy atom. The number of phenols is 1. The Balaban J connectivity index is 2.95. The van der Waals surface area contributed by atoms with E-state index < -0.39 is 0 Å². The maximum atomic E-state index is 9.27. The van der Waals surface area contributed by atoms with Crippen molar-refractivity contribution >= 4 is 0 Å². The normalized spacial score (nSPS) is 12.1. The minimum Gasteiger partial charge on any atom is -0.508 e. The molecule has 0 aliphatic rings. The molecule has 1 rings (SSSR count). The van der Waals surface area contributed by atoms with E-state index in [9.17, 15) is 5.11 Å². The SMILES string of the molecule is Cc1cc(O)cc([C@@H](N)CC#N)c1. The molecule has 3 nitrogen and oxygen atoms in total. The van der Waals surface area contributed by atoms with E-state index in [-0.39, 0.29) is 18.2 Å². The highest BCUT2D eigenvalue weighted by atomic mass is 16.3. The summed E-state index contributed by atoms with van der Waals surface area (Å²) < 4.78 is 0. The Kier molecular flexibility index (Phi) is 2.88. The summed E-state index contributed by atoms with van der Waals surface area (Å²) in [5, 5.41) is 17.7. The number of nitrogens with zero attached hydrogens (tertiary/aromatic N) is 1. The summed E-state index contributed by atoms with van der Waals surface area (Å²) in [7, 11) is 0. The Labute approximate surface area is 77.4 Å². The zero-order chi connectivity index (χ0) is 9.84. The fraction of sp³-hybridized carbons (Fsp3) is 0.300. The van der Waals surface area contributed by atoms with Crippen molar-refractivity contribution in [2.24, 2.45) is 5.73 Å². The molecule has 0 unspecified atom stereocenters.